The maximum atomic E-state index is 12.6. The largest absolute Gasteiger partial charge is 0.351 e. The van der Waals surface area contributed by atoms with Gasteiger partial charge in [-0.1, -0.05) is 13.3 Å². The van der Waals surface area contributed by atoms with Gasteiger partial charge in [-0.15, -0.1) is 0 Å². The smallest absolute Gasteiger partial charge is 0.325 e. The van der Waals surface area contributed by atoms with Crippen molar-refractivity contribution in [1.29, 1.82) is 0 Å². The van der Waals surface area contributed by atoms with Crippen molar-refractivity contribution in [2.45, 2.75) is 57.5 Å². The number of hydrogen-bond acceptors (Lipinski definition) is 4. The third-order valence-electron chi connectivity index (χ3n) is 4.84. The van der Waals surface area contributed by atoms with Gasteiger partial charge in [0.05, 0.1) is 0 Å². The van der Waals surface area contributed by atoms with Crippen LogP contribution in [0.15, 0.2) is 0 Å². The van der Waals surface area contributed by atoms with Crippen LogP contribution in [-0.2, 0) is 9.59 Å². The summed E-state index contributed by atoms with van der Waals surface area (Å²) in [5, 5.41) is 5.49. The molecule has 4 amide bonds. The number of carbonyl (C=O) groups excluding carboxylic acids is 3. The van der Waals surface area contributed by atoms with Crippen molar-refractivity contribution >= 4 is 17.8 Å². The van der Waals surface area contributed by atoms with Crippen LogP contribution < -0.4 is 16.4 Å². The number of carbonyl (C=O) groups is 3. The Kier molecular flexibility index (Phi) is 5.05. The first-order valence-electron chi connectivity index (χ1n) is 8.05. The van der Waals surface area contributed by atoms with Crippen LogP contribution >= 0.6 is 0 Å². The van der Waals surface area contributed by atoms with E-state index in [-0.39, 0.29) is 24.4 Å². The van der Waals surface area contributed by atoms with Gasteiger partial charge in [-0.25, -0.2) is 4.79 Å². The van der Waals surface area contributed by atoms with Crippen molar-refractivity contribution in [2.75, 3.05) is 13.1 Å². The van der Waals surface area contributed by atoms with Crippen LogP contribution in [-0.4, -0.2) is 47.4 Å². The molecule has 0 aromatic carbocycles. The molecule has 1 saturated carbocycles. The second-order valence-corrected chi connectivity index (χ2v) is 6.46. The lowest BCUT2D eigenvalue weighted by molar-refractivity contribution is -0.136. The number of imide groups is 1. The predicted molar refractivity (Wildman–Crippen MR) is 81.9 cm³/mol. The molecule has 0 aromatic heterocycles. The molecule has 4 N–H and O–H groups in total. The van der Waals surface area contributed by atoms with E-state index in [1.54, 1.807) is 6.92 Å². The Bertz CT molecular complexity index is 458. The first-order chi connectivity index (χ1) is 10.4. The van der Waals surface area contributed by atoms with E-state index in [1.807, 2.05) is 0 Å². The van der Waals surface area contributed by atoms with Crippen LogP contribution in [0.3, 0.4) is 0 Å². The van der Waals surface area contributed by atoms with Gasteiger partial charge in [0.25, 0.3) is 5.91 Å². The van der Waals surface area contributed by atoms with Gasteiger partial charge in [0.2, 0.25) is 5.91 Å². The second kappa shape index (κ2) is 6.64. The molecule has 22 heavy (non-hydrogen) atoms. The topological polar surface area (TPSA) is 105 Å². The molecule has 0 unspecified atom stereocenters. The Morgan fingerprint density at radius 1 is 1.45 bits per heavy atom. The van der Waals surface area contributed by atoms with Gasteiger partial charge in [0.1, 0.15) is 12.1 Å². The zero-order chi connectivity index (χ0) is 16.3. The van der Waals surface area contributed by atoms with E-state index in [0.717, 1.165) is 24.2 Å². The molecule has 1 atom stereocenters. The van der Waals surface area contributed by atoms with Gasteiger partial charge >= 0.3 is 6.03 Å². The number of amides is 4. The number of nitrogens with zero attached hydrogens (tertiary/aromatic N) is 1. The normalized spacial score (nSPS) is 29.6. The minimum atomic E-state index is -0.789. The van der Waals surface area contributed by atoms with E-state index >= 15 is 0 Å². The average molecular weight is 310 g/mol. The van der Waals surface area contributed by atoms with Gasteiger partial charge in [-0.3, -0.25) is 14.5 Å². The molecule has 0 bridgehead atoms. The lowest BCUT2D eigenvalue weighted by Crippen LogP contribution is -2.50. The molecule has 1 aliphatic carbocycles. The van der Waals surface area contributed by atoms with Gasteiger partial charge in [-0.2, -0.15) is 0 Å². The third-order valence-corrected chi connectivity index (χ3v) is 4.84. The number of hydrogen-bond donors (Lipinski definition) is 3. The van der Waals surface area contributed by atoms with Crippen LogP contribution in [0.2, 0.25) is 0 Å². The van der Waals surface area contributed by atoms with Crippen molar-refractivity contribution in [3.8, 4) is 0 Å². The molecule has 1 aliphatic heterocycles. The Hall–Kier alpha value is -1.63. The molecule has 1 saturated heterocycles. The Morgan fingerprint density at radius 3 is 2.64 bits per heavy atom. The lowest BCUT2D eigenvalue weighted by atomic mass is 9.75. The van der Waals surface area contributed by atoms with Crippen molar-refractivity contribution in [2.24, 2.45) is 11.7 Å². The van der Waals surface area contributed by atoms with E-state index in [2.05, 4.69) is 17.6 Å². The van der Waals surface area contributed by atoms with E-state index < -0.39 is 11.6 Å². The molecule has 2 aliphatic rings. The molecule has 1 heterocycles. The molecule has 1 spiro atoms. The number of rotatable bonds is 5. The number of urea groups is 1. The summed E-state index contributed by atoms with van der Waals surface area (Å²) < 4.78 is 0. The molecule has 0 aromatic rings. The van der Waals surface area contributed by atoms with E-state index in [1.165, 1.54) is 0 Å². The Labute approximate surface area is 131 Å². The van der Waals surface area contributed by atoms with Gasteiger partial charge < -0.3 is 16.4 Å². The molecule has 0 radical (unpaired) electrons. The highest BCUT2D eigenvalue weighted by molar-refractivity contribution is 6.09. The molecular weight excluding hydrogens is 284 g/mol. The summed E-state index contributed by atoms with van der Waals surface area (Å²) in [6.07, 6.45) is 4.29. The van der Waals surface area contributed by atoms with E-state index in [4.69, 9.17) is 5.73 Å². The fraction of sp³-hybridized carbons (Fsp3) is 0.800. The summed E-state index contributed by atoms with van der Waals surface area (Å²) in [4.78, 5) is 37.6. The first-order valence-corrected chi connectivity index (χ1v) is 8.05. The Balaban J connectivity index is 1.99. The van der Waals surface area contributed by atoms with Crippen LogP contribution in [0.1, 0.15) is 46.0 Å². The molecule has 2 fully saturated rings. The monoisotopic (exact) mass is 310 g/mol. The zero-order valence-corrected chi connectivity index (χ0v) is 13.4. The van der Waals surface area contributed by atoms with Crippen LogP contribution in [0.4, 0.5) is 4.79 Å². The third kappa shape index (κ3) is 3.24. The number of nitrogens with two attached hydrogens (primary N) is 1. The van der Waals surface area contributed by atoms with Crippen LogP contribution in [0.25, 0.3) is 0 Å². The first kappa shape index (κ1) is 16.7. The fourth-order valence-electron chi connectivity index (χ4n) is 3.26. The zero-order valence-electron chi connectivity index (χ0n) is 13.4. The Morgan fingerprint density at radius 2 is 2.09 bits per heavy atom. The summed E-state index contributed by atoms with van der Waals surface area (Å²) in [5.74, 6) is 0.00132. The van der Waals surface area contributed by atoms with Gasteiger partial charge in [-0.05, 0) is 38.5 Å². The van der Waals surface area contributed by atoms with Crippen LogP contribution in [0, 0.1) is 5.92 Å². The van der Waals surface area contributed by atoms with E-state index in [9.17, 15) is 14.4 Å². The average Bonchev–Trinajstić information content (AvgIpc) is 2.72. The minimum Gasteiger partial charge on any atom is -0.351 e. The maximum Gasteiger partial charge on any atom is 0.325 e. The number of nitrogens with one attached hydrogen (secondary N) is 2. The summed E-state index contributed by atoms with van der Waals surface area (Å²) in [6.45, 7) is 3.99. The molecule has 7 heteroatoms. The molecular formula is C15H26N4O3. The predicted octanol–water partition coefficient (Wildman–Crippen LogP) is 0.341. The molecule has 2 rings (SSSR count). The summed E-state index contributed by atoms with van der Waals surface area (Å²) in [7, 11) is 0. The minimum absolute atomic E-state index is 0.179. The highest BCUT2D eigenvalue weighted by Gasteiger charge is 2.52. The van der Waals surface area contributed by atoms with Crippen LogP contribution in [0.5, 0.6) is 0 Å². The van der Waals surface area contributed by atoms with Crippen molar-refractivity contribution < 1.29 is 14.4 Å². The quantitative estimate of drug-likeness (QED) is 0.637. The highest BCUT2D eigenvalue weighted by Crippen LogP contribution is 2.37. The molecule has 7 nitrogen and oxygen atoms in total. The summed E-state index contributed by atoms with van der Waals surface area (Å²) >= 11 is 0. The standard InChI is InChI=1S/C15H26N4O3/c1-3-11-4-6-15(7-5-11)13(21)19(14(22)18-15)9-12(20)17-10(2)8-16/h10-11H,3-9,16H2,1-2H3,(H,17,20)(H,18,22)/t10-,11?,15?/m0/s1. The molecule has 124 valence electrons. The second-order valence-electron chi connectivity index (χ2n) is 6.46. The van der Waals surface area contributed by atoms with Gasteiger partial charge in [0.15, 0.2) is 0 Å². The fourth-order valence-corrected chi connectivity index (χ4v) is 3.26. The van der Waals surface area contributed by atoms with Gasteiger partial charge in [0, 0.05) is 12.6 Å². The van der Waals surface area contributed by atoms with Crippen molar-refractivity contribution in [3.63, 3.8) is 0 Å². The summed E-state index contributed by atoms with van der Waals surface area (Å²) in [6, 6.07) is -0.641. The van der Waals surface area contributed by atoms with Crippen molar-refractivity contribution in [3.05, 3.63) is 0 Å². The van der Waals surface area contributed by atoms with E-state index in [0.29, 0.717) is 25.3 Å². The summed E-state index contributed by atoms with van der Waals surface area (Å²) in [5.41, 5.74) is 4.66. The maximum absolute atomic E-state index is 12.6. The highest BCUT2D eigenvalue weighted by atomic mass is 16.2. The SMILES string of the molecule is CCC1CCC2(CC1)NC(=O)N(CC(=O)N[C@@H](C)CN)C2=O. The lowest BCUT2D eigenvalue weighted by Gasteiger charge is -2.34. The van der Waals surface area contributed by atoms with Crippen molar-refractivity contribution in [1.82, 2.24) is 15.5 Å².